The highest BCUT2D eigenvalue weighted by atomic mass is 32.2. The van der Waals surface area contributed by atoms with Crippen molar-refractivity contribution in [2.24, 2.45) is 11.7 Å². The number of nitrogens with one attached hydrogen (secondary N) is 1. The summed E-state index contributed by atoms with van der Waals surface area (Å²) in [5, 5.41) is 2.83. The molecule has 1 amide bonds. The standard InChI is InChI=1S/C13H20N2OS/c1-9(2)8-12(14)13(16)15-10-4-6-11(17-3)7-5-10/h4-7,9,12H,8,14H2,1-3H3,(H,15,16)/t12-/m0/s1. The first-order valence-electron chi connectivity index (χ1n) is 5.73. The molecule has 0 radical (unpaired) electrons. The predicted octanol–water partition coefficient (Wildman–Crippen LogP) is 2.72. The molecular weight excluding hydrogens is 232 g/mol. The molecule has 17 heavy (non-hydrogen) atoms. The number of anilines is 1. The summed E-state index contributed by atoms with van der Waals surface area (Å²) in [6, 6.07) is 7.32. The summed E-state index contributed by atoms with van der Waals surface area (Å²) in [6.07, 6.45) is 2.72. The topological polar surface area (TPSA) is 55.1 Å². The van der Waals surface area contributed by atoms with Crippen LogP contribution in [0.5, 0.6) is 0 Å². The van der Waals surface area contributed by atoms with Gasteiger partial charge in [-0.3, -0.25) is 4.79 Å². The van der Waals surface area contributed by atoms with E-state index in [-0.39, 0.29) is 5.91 Å². The maximum atomic E-state index is 11.8. The molecule has 0 aliphatic heterocycles. The Bertz CT molecular complexity index is 362. The lowest BCUT2D eigenvalue weighted by Gasteiger charge is -2.14. The number of rotatable bonds is 5. The van der Waals surface area contributed by atoms with Crippen LogP contribution in [0.4, 0.5) is 5.69 Å². The number of nitrogens with two attached hydrogens (primary N) is 1. The fourth-order valence-corrected chi connectivity index (χ4v) is 1.93. The van der Waals surface area contributed by atoms with E-state index in [0.717, 1.165) is 5.69 Å². The molecule has 0 saturated carbocycles. The summed E-state index contributed by atoms with van der Waals surface area (Å²) in [5.41, 5.74) is 6.60. The van der Waals surface area contributed by atoms with Crippen LogP contribution in [0.3, 0.4) is 0 Å². The second-order valence-electron chi connectivity index (χ2n) is 4.45. The number of hydrogen-bond acceptors (Lipinski definition) is 3. The second-order valence-corrected chi connectivity index (χ2v) is 5.33. The number of carbonyl (C=O) groups is 1. The summed E-state index contributed by atoms with van der Waals surface area (Å²) < 4.78 is 0. The number of hydrogen-bond donors (Lipinski definition) is 2. The van der Waals surface area contributed by atoms with Crippen LogP contribution in [-0.2, 0) is 4.79 Å². The van der Waals surface area contributed by atoms with Crippen molar-refractivity contribution in [1.82, 2.24) is 0 Å². The highest BCUT2D eigenvalue weighted by Gasteiger charge is 2.14. The van der Waals surface area contributed by atoms with Gasteiger partial charge in [0.1, 0.15) is 0 Å². The molecule has 0 aliphatic rings. The van der Waals surface area contributed by atoms with E-state index in [0.29, 0.717) is 12.3 Å². The molecule has 3 N–H and O–H groups in total. The van der Waals surface area contributed by atoms with E-state index in [1.54, 1.807) is 11.8 Å². The summed E-state index contributed by atoms with van der Waals surface area (Å²) >= 11 is 1.67. The van der Waals surface area contributed by atoms with Crippen LogP contribution in [0, 0.1) is 5.92 Å². The zero-order valence-corrected chi connectivity index (χ0v) is 11.4. The van der Waals surface area contributed by atoms with Gasteiger partial charge < -0.3 is 11.1 Å². The van der Waals surface area contributed by atoms with E-state index in [9.17, 15) is 4.79 Å². The monoisotopic (exact) mass is 252 g/mol. The molecule has 0 aromatic heterocycles. The summed E-state index contributed by atoms with van der Waals surface area (Å²) in [6.45, 7) is 4.11. The first-order chi connectivity index (χ1) is 8.02. The van der Waals surface area contributed by atoms with Crippen LogP contribution >= 0.6 is 11.8 Å². The summed E-state index contributed by atoms with van der Waals surface area (Å²) in [5.74, 6) is 0.310. The predicted molar refractivity (Wildman–Crippen MR) is 74.3 cm³/mol. The highest BCUT2D eigenvalue weighted by Crippen LogP contribution is 2.17. The third kappa shape index (κ3) is 4.79. The zero-order chi connectivity index (χ0) is 12.8. The van der Waals surface area contributed by atoms with Crippen molar-refractivity contribution in [3.8, 4) is 0 Å². The smallest absolute Gasteiger partial charge is 0.241 e. The van der Waals surface area contributed by atoms with Gasteiger partial charge in [0, 0.05) is 10.6 Å². The normalized spacial score (nSPS) is 12.5. The molecule has 0 heterocycles. The largest absolute Gasteiger partial charge is 0.325 e. The van der Waals surface area contributed by atoms with Crippen LogP contribution in [0.1, 0.15) is 20.3 Å². The Morgan fingerprint density at radius 2 is 1.94 bits per heavy atom. The Balaban J connectivity index is 2.55. The minimum atomic E-state index is -0.435. The van der Waals surface area contributed by atoms with Gasteiger partial charge in [0.05, 0.1) is 6.04 Å². The number of carbonyl (C=O) groups excluding carboxylic acids is 1. The van der Waals surface area contributed by atoms with Gasteiger partial charge in [-0.05, 0) is 42.9 Å². The third-order valence-electron chi connectivity index (χ3n) is 2.42. The quantitative estimate of drug-likeness (QED) is 0.792. The van der Waals surface area contributed by atoms with Crippen molar-refractivity contribution >= 4 is 23.4 Å². The lowest BCUT2D eigenvalue weighted by atomic mass is 10.0. The molecule has 0 bridgehead atoms. The SMILES string of the molecule is CSc1ccc(NC(=O)[C@@H](N)CC(C)C)cc1. The lowest BCUT2D eigenvalue weighted by molar-refractivity contribution is -0.117. The van der Waals surface area contributed by atoms with E-state index >= 15 is 0 Å². The molecule has 1 atom stereocenters. The molecule has 3 nitrogen and oxygen atoms in total. The Hall–Kier alpha value is -1.00. The van der Waals surface area contributed by atoms with Crippen LogP contribution in [-0.4, -0.2) is 18.2 Å². The maximum absolute atomic E-state index is 11.8. The Labute approximate surface area is 107 Å². The average molecular weight is 252 g/mol. The summed E-state index contributed by atoms with van der Waals surface area (Å²) in [4.78, 5) is 12.9. The Morgan fingerprint density at radius 3 is 2.41 bits per heavy atom. The van der Waals surface area contributed by atoms with Crippen molar-refractivity contribution in [3.05, 3.63) is 24.3 Å². The molecule has 1 rings (SSSR count). The molecular formula is C13H20N2OS. The van der Waals surface area contributed by atoms with Crippen molar-refractivity contribution in [3.63, 3.8) is 0 Å². The molecule has 0 aliphatic carbocycles. The van der Waals surface area contributed by atoms with E-state index in [4.69, 9.17) is 5.73 Å². The van der Waals surface area contributed by atoms with Gasteiger partial charge in [-0.1, -0.05) is 13.8 Å². The van der Waals surface area contributed by atoms with E-state index < -0.39 is 6.04 Å². The molecule has 0 fully saturated rings. The third-order valence-corrected chi connectivity index (χ3v) is 3.16. The fourth-order valence-electron chi connectivity index (χ4n) is 1.52. The Morgan fingerprint density at radius 1 is 1.35 bits per heavy atom. The molecule has 1 aromatic rings. The number of amides is 1. The van der Waals surface area contributed by atoms with E-state index in [1.165, 1.54) is 4.90 Å². The molecule has 0 spiro atoms. The molecule has 0 saturated heterocycles. The first-order valence-corrected chi connectivity index (χ1v) is 6.96. The highest BCUT2D eigenvalue weighted by molar-refractivity contribution is 7.98. The van der Waals surface area contributed by atoms with Crippen molar-refractivity contribution in [2.75, 3.05) is 11.6 Å². The van der Waals surface area contributed by atoms with Gasteiger partial charge in [-0.15, -0.1) is 11.8 Å². The van der Waals surface area contributed by atoms with Gasteiger partial charge in [0.25, 0.3) is 0 Å². The summed E-state index contributed by atoms with van der Waals surface area (Å²) in [7, 11) is 0. The van der Waals surface area contributed by atoms with Crippen molar-refractivity contribution in [1.29, 1.82) is 0 Å². The van der Waals surface area contributed by atoms with Crippen LogP contribution in [0.2, 0.25) is 0 Å². The Kier molecular flexibility index (Phi) is 5.51. The van der Waals surface area contributed by atoms with Crippen LogP contribution in [0.15, 0.2) is 29.2 Å². The fraction of sp³-hybridized carbons (Fsp3) is 0.462. The zero-order valence-electron chi connectivity index (χ0n) is 10.6. The van der Waals surface area contributed by atoms with E-state index in [2.05, 4.69) is 19.2 Å². The van der Waals surface area contributed by atoms with Gasteiger partial charge in [0.2, 0.25) is 5.91 Å². The van der Waals surface area contributed by atoms with Crippen molar-refractivity contribution in [2.45, 2.75) is 31.2 Å². The van der Waals surface area contributed by atoms with E-state index in [1.807, 2.05) is 30.5 Å². The molecule has 0 unspecified atom stereocenters. The van der Waals surface area contributed by atoms with Crippen LogP contribution < -0.4 is 11.1 Å². The van der Waals surface area contributed by atoms with Crippen molar-refractivity contribution < 1.29 is 4.79 Å². The van der Waals surface area contributed by atoms with Gasteiger partial charge in [0.15, 0.2) is 0 Å². The van der Waals surface area contributed by atoms with Crippen LogP contribution in [0.25, 0.3) is 0 Å². The van der Waals surface area contributed by atoms with Gasteiger partial charge >= 0.3 is 0 Å². The van der Waals surface area contributed by atoms with Gasteiger partial charge in [-0.2, -0.15) is 0 Å². The lowest BCUT2D eigenvalue weighted by Crippen LogP contribution is -2.36. The van der Waals surface area contributed by atoms with Gasteiger partial charge in [-0.25, -0.2) is 0 Å². The average Bonchev–Trinajstić information content (AvgIpc) is 2.29. The number of thioether (sulfide) groups is 1. The minimum absolute atomic E-state index is 0.115. The first kappa shape index (κ1) is 14.1. The molecule has 1 aromatic carbocycles. The molecule has 4 heteroatoms. The number of benzene rings is 1. The maximum Gasteiger partial charge on any atom is 0.241 e. The second kappa shape index (κ2) is 6.67. The molecule has 94 valence electrons. The minimum Gasteiger partial charge on any atom is -0.325 e.